The molecule has 0 aliphatic heterocycles. The summed E-state index contributed by atoms with van der Waals surface area (Å²) in [7, 11) is 0. The van der Waals surface area contributed by atoms with Gasteiger partial charge >= 0.3 is 0 Å². The number of amides is 1. The molecule has 0 fully saturated rings. The first-order valence-electron chi connectivity index (χ1n) is 5.57. The van der Waals surface area contributed by atoms with Gasteiger partial charge in [-0.05, 0) is 52.3 Å². The third kappa shape index (κ3) is 2.95. The van der Waals surface area contributed by atoms with Gasteiger partial charge < -0.3 is 11.1 Å². The maximum absolute atomic E-state index is 13.3. The first-order valence-corrected chi connectivity index (χ1v) is 6.36. The first-order chi connectivity index (χ1) is 9.51. The van der Waals surface area contributed by atoms with Crippen LogP contribution in [0.3, 0.4) is 0 Å². The van der Waals surface area contributed by atoms with E-state index in [1.54, 1.807) is 18.2 Å². The number of anilines is 2. The highest BCUT2D eigenvalue weighted by atomic mass is 79.9. The number of benzene rings is 2. The number of hydrogen-bond donors (Lipinski definition) is 2. The Bertz CT molecular complexity index is 725. The third-order valence-electron chi connectivity index (χ3n) is 2.61. The van der Waals surface area contributed by atoms with E-state index in [1.807, 2.05) is 6.07 Å². The SMILES string of the molecule is N#Cc1ccc(NC(=O)c2ccc(N)c(F)c2)c(Br)c1. The second-order valence-corrected chi connectivity index (χ2v) is 4.85. The number of nitrogens with one attached hydrogen (secondary N) is 1. The van der Waals surface area contributed by atoms with Crippen molar-refractivity contribution < 1.29 is 9.18 Å². The minimum absolute atomic E-state index is 0.0129. The number of halogens is 2. The summed E-state index contributed by atoms with van der Waals surface area (Å²) in [5.74, 6) is -1.11. The van der Waals surface area contributed by atoms with Gasteiger partial charge in [-0.2, -0.15) is 5.26 Å². The molecule has 0 bridgehead atoms. The van der Waals surface area contributed by atoms with Crippen LogP contribution in [0.5, 0.6) is 0 Å². The Hall–Kier alpha value is -2.39. The lowest BCUT2D eigenvalue weighted by Crippen LogP contribution is -2.13. The number of nitrogens with zero attached hydrogens (tertiary/aromatic N) is 1. The van der Waals surface area contributed by atoms with Crippen LogP contribution in [0.25, 0.3) is 0 Å². The van der Waals surface area contributed by atoms with E-state index in [9.17, 15) is 9.18 Å². The molecule has 0 radical (unpaired) electrons. The lowest BCUT2D eigenvalue weighted by atomic mass is 10.1. The quantitative estimate of drug-likeness (QED) is 0.827. The predicted octanol–water partition coefficient (Wildman–Crippen LogP) is 3.29. The summed E-state index contributed by atoms with van der Waals surface area (Å²) in [5.41, 5.74) is 6.46. The lowest BCUT2D eigenvalue weighted by Gasteiger charge is -2.08. The van der Waals surface area contributed by atoms with E-state index in [2.05, 4.69) is 21.2 Å². The van der Waals surface area contributed by atoms with Gasteiger partial charge in [-0.25, -0.2) is 4.39 Å². The molecule has 0 aromatic heterocycles. The Labute approximate surface area is 123 Å². The van der Waals surface area contributed by atoms with E-state index < -0.39 is 11.7 Å². The van der Waals surface area contributed by atoms with Crippen molar-refractivity contribution in [3.63, 3.8) is 0 Å². The second kappa shape index (κ2) is 5.72. The van der Waals surface area contributed by atoms with Gasteiger partial charge in [-0.1, -0.05) is 0 Å². The molecule has 20 heavy (non-hydrogen) atoms. The number of nitrogen functional groups attached to an aromatic ring is 1. The van der Waals surface area contributed by atoms with E-state index in [0.29, 0.717) is 15.7 Å². The molecule has 0 saturated heterocycles. The van der Waals surface area contributed by atoms with Crippen LogP contribution in [0.15, 0.2) is 40.9 Å². The molecule has 2 rings (SSSR count). The third-order valence-corrected chi connectivity index (χ3v) is 3.27. The number of carbonyl (C=O) groups is 1. The maximum atomic E-state index is 13.3. The second-order valence-electron chi connectivity index (χ2n) is 4.00. The van der Waals surface area contributed by atoms with Crippen molar-refractivity contribution in [1.29, 1.82) is 5.26 Å². The Morgan fingerprint density at radius 1 is 1.30 bits per heavy atom. The molecule has 0 aliphatic carbocycles. The molecule has 6 heteroatoms. The number of rotatable bonds is 2. The Kier molecular flexibility index (Phi) is 4.01. The lowest BCUT2D eigenvalue weighted by molar-refractivity contribution is 0.102. The van der Waals surface area contributed by atoms with Gasteiger partial charge in [0.05, 0.1) is 23.0 Å². The van der Waals surface area contributed by atoms with Gasteiger partial charge in [0.1, 0.15) is 5.82 Å². The van der Waals surface area contributed by atoms with Crippen LogP contribution in [0.2, 0.25) is 0 Å². The molecule has 4 nitrogen and oxygen atoms in total. The summed E-state index contributed by atoms with van der Waals surface area (Å²) < 4.78 is 13.9. The van der Waals surface area contributed by atoms with Crippen LogP contribution in [0.4, 0.5) is 15.8 Å². The number of nitrogens with two attached hydrogens (primary N) is 1. The molecular formula is C14H9BrFN3O. The largest absolute Gasteiger partial charge is 0.396 e. The Morgan fingerprint density at radius 2 is 2.05 bits per heavy atom. The molecule has 0 unspecified atom stereocenters. The summed E-state index contributed by atoms with van der Waals surface area (Å²) in [6.07, 6.45) is 0. The summed E-state index contributed by atoms with van der Waals surface area (Å²) in [5, 5.41) is 11.4. The molecule has 2 aromatic rings. The predicted molar refractivity (Wildman–Crippen MR) is 77.6 cm³/mol. The number of hydrogen-bond acceptors (Lipinski definition) is 3. The first kappa shape index (κ1) is 14.0. The Balaban J connectivity index is 2.23. The van der Waals surface area contributed by atoms with Gasteiger partial charge in [-0.15, -0.1) is 0 Å². The molecule has 0 atom stereocenters. The number of carbonyl (C=O) groups excluding carboxylic acids is 1. The van der Waals surface area contributed by atoms with Crippen molar-refractivity contribution >= 4 is 33.2 Å². The summed E-state index contributed by atoms with van der Waals surface area (Å²) >= 11 is 3.26. The highest BCUT2D eigenvalue weighted by Gasteiger charge is 2.10. The monoisotopic (exact) mass is 333 g/mol. The average Bonchev–Trinajstić information content (AvgIpc) is 2.43. The Morgan fingerprint density at radius 3 is 2.65 bits per heavy atom. The average molecular weight is 334 g/mol. The van der Waals surface area contributed by atoms with Crippen LogP contribution in [-0.2, 0) is 0 Å². The molecule has 0 aliphatic rings. The normalized spacial score (nSPS) is 9.85. The van der Waals surface area contributed by atoms with Crippen molar-refractivity contribution in [1.82, 2.24) is 0 Å². The van der Waals surface area contributed by atoms with Crippen LogP contribution in [0.1, 0.15) is 15.9 Å². The van der Waals surface area contributed by atoms with Crippen LogP contribution < -0.4 is 11.1 Å². The van der Waals surface area contributed by atoms with Crippen molar-refractivity contribution in [2.75, 3.05) is 11.1 Å². The fourth-order valence-corrected chi connectivity index (χ4v) is 2.03. The van der Waals surface area contributed by atoms with Crippen LogP contribution >= 0.6 is 15.9 Å². The van der Waals surface area contributed by atoms with E-state index >= 15 is 0 Å². The zero-order chi connectivity index (χ0) is 14.7. The van der Waals surface area contributed by atoms with Gasteiger partial charge in [0.15, 0.2) is 0 Å². The van der Waals surface area contributed by atoms with Gasteiger partial charge in [0.2, 0.25) is 0 Å². The fourth-order valence-electron chi connectivity index (χ4n) is 1.55. The van der Waals surface area contributed by atoms with Crippen molar-refractivity contribution in [2.24, 2.45) is 0 Å². The highest BCUT2D eigenvalue weighted by Crippen LogP contribution is 2.24. The summed E-state index contributed by atoms with van der Waals surface area (Å²) in [6.45, 7) is 0. The van der Waals surface area contributed by atoms with Crippen LogP contribution in [-0.4, -0.2) is 5.91 Å². The summed E-state index contributed by atoms with van der Waals surface area (Å²) in [6, 6.07) is 10.6. The molecule has 0 saturated carbocycles. The molecule has 0 heterocycles. The van der Waals surface area contributed by atoms with E-state index in [0.717, 1.165) is 6.07 Å². The van der Waals surface area contributed by atoms with E-state index in [-0.39, 0.29) is 11.3 Å². The highest BCUT2D eigenvalue weighted by molar-refractivity contribution is 9.10. The molecule has 1 amide bonds. The molecule has 100 valence electrons. The van der Waals surface area contributed by atoms with E-state index in [4.69, 9.17) is 11.0 Å². The topological polar surface area (TPSA) is 78.9 Å². The smallest absolute Gasteiger partial charge is 0.255 e. The van der Waals surface area contributed by atoms with Gasteiger partial charge in [-0.3, -0.25) is 4.79 Å². The standard InChI is InChI=1S/C14H9BrFN3O/c15-10-5-8(7-17)1-4-13(10)19-14(20)9-2-3-12(18)11(16)6-9/h1-6H,18H2,(H,19,20). The summed E-state index contributed by atoms with van der Waals surface area (Å²) in [4.78, 5) is 12.0. The van der Waals surface area contributed by atoms with Gasteiger partial charge in [0, 0.05) is 10.0 Å². The molecular weight excluding hydrogens is 325 g/mol. The van der Waals surface area contributed by atoms with Crippen molar-refractivity contribution in [3.8, 4) is 6.07 Å². The molecule has 3 N–H and O–H groups in total. The van der Waals surface area contributed by atoms with Crippen molar-refractivity contribution in [3.05, 3.63) is 57.8 Å². The fraction of sp³-hybridized carbons (Fsp3) is 0. The zero-order valence-electron chi connectivity index (χ0n) is 10.2. The van der Waals surface area contributed by atoms with Crippen LogP contribution in [0, 0.1) is 17.1 Å². The van der Waals surface area contributed by atoms with Crippen molar-refractivity contribution in [2.45, 2.75) is 0 Å². The maximum Gasteiger partial charge on any atom is 0.255 e. The molecule has 2 aromatic carbocycles. The number of nitriles is 1. The molecule has 0 spiro atoms. The zero-order valence-corrected chi connectivity index (χ0v) is 11.7. The minimum atomic E-state index is -0.642. The van der Waals surface area contributed by atoms with E-state index in [1.165, 1.54) is 12.1 Å². The minimum Gasteiger partial charge on any atom is -0.396 e. The van der Waals surface area contributed by atoms with Gasteiger partial charge in [0.25, 0.3) is 5.91 Å².